The zero-order valence-electron chi connectivity index (χ0n) is 10.2. The number of aliphatic hydroxyl groups excluding tert-OH is 4. The highest BCUT2D eigenvalue weighted by Gasteiger charge is 2.45. The highest BCUT2D eigenvalue weighted by atomic mass is 16.7. The van der Waals surface area contributed by atoms with Gasteiger partial charge in [0.05, 0.1) is 6.61 Å². The normalized spacial score (nSPS) is 36.4. The molecule has 1 heterocycles. The maximum absolute atomic E-state index is 11.4. The average Bonchev–Trinajstić information content (AvgIpc) is 2.36. The van der Waals surface area contributed by atoms with E-state index in [1.165, 1.54) is 0 Å². The van der Waals surface area contributed by atoms with Gasteiger partial charge in [-0.1, -0.05) is 13.3 Å². The van der Waals surface area contributed by atoms with E-state index in [0.717, 1.165) is 6.42 Å². The maximum atomic E-state index is 11.4. The van der Waals surface area contributed by atoms with Gasteiger partial charge in [-0.25, -0.2) is 0 Å². The van der Waals surface area contributed by atoms with Crippen LogP contribution in [0.4, 0.5) is 0 Å². The number of carbonyl (C=O) groups is 1. The summed E-state index contributed by atoms with van der Waals surface area (Å²) in [6, 6.07) is 0. The number of ether oxygens (including phenoxy) is 2. The Labute approximate surface area is 105 Å². The van der Waals surface area contributed by atoms with Crippen molar-refractivity contribution in [2.45, 2.75) is 56.9 Å². The van der Waals surface area contributed by atoms with Gasteiger partial charge in [0.2, 0.25) is 0 Å². The minimum absolute atomic E-state index is 0.174. The summed E-state index contributed by atoms with van der Waals surface area (Å²) in [6.45, 7) is 1.37. The molecule has 1 aliphatic heterocycles. The summed E-state index contributed by atoms with van der Waals surface area (Å²) in [7, 11) is 0. The Morgan fingerprint density at radius 1 is 1.28 bits per heavy atom. The predicted molar refractivity (Wildman–Crippen MR) is 59.4 cm³/mol. The van der Waals surface area contributed by atoms with Crippen LogP contribution in [-0.2, 0) is 14.3 Å². The number of rotatable bonds is 5. The van der Waals surface area contributed by atoms with Crippen molar-refractivity contribution in [2.75, 3.05) is 6.61 Å². The van der Waals surface area contributed by atoms with Crippen LogP contribution in [0.25, 0.3) is 0 Å². The summed E-state index contributed by atoms with van der Waals surface area (Å²) in [5, 5.41) is 37.7. The second kappa shape index (κ2) is 7.01. The summed E-state index contributed by atoms with van der Waals surface area (Å²) in [6.07, 6.45) is -5.27. The number of unbranched alkanes of at least 4 members (excludes halogenated alkanes) is 1. The third-order valence-corrected chi connectivity index (χ3v) is 2.84. The molecule has 5 atom stereocenters. The van der Waals surface area contributed by atoms with Gasteiger partial charge in [0.15, 0.2) is 12.4 Å². The largest absolute Gasteiger partial charge is 0.456 e. The molecule has 0 aromatic heterocycles. The minimum Gasteiger partial charge on any atom is -0.456 e. The Morgan fingerprint density at radius 3 is 2.50 bits per heavy atom. The zero-order valence-corrected chi connectivity index (χ0v) is 10.2. The lowest BCUT2D eigenvalue weighted by Crippen LogP contribution is -2.59. The van der Waals surface area contributed by atoms with Gasteiger partial charge < -0.3 is 29.9 Å². The van der Waals surface area contributed by atoms with Crippen LogP contribution in [0.15, 0.2) is 0 Å². The second-order valence-corrected chi connectivity index (χ2v) is 4.29. The van der Waals surface area contributed by atoms with Gasteiger partial charge in [-0.05, 0) is 6.42 Å². The van der Waals surface area contributed by atoms with Crippen molar-refractivity contribution < 1.29 is 34.7 Å². The van der Waals surface area contributed by atoms with Crippen LogP contribution in [0.2, 0.25) is 0 Å². The summed E-state index contributed by atoms with van der Waals surface area (Å²) >= 11 is 0. The lowest BCUT2D eigenvalue weighted by Gasteiger charge is -2.39. The molecule has 0 amide bonds. The molecule has 18 heavy (non-hydrogen) atoms. The van der Waals surface area contributed by atoms with Crippen LogP contribution in [0.5, 0.6) is 0 Å². The van der Waals surface area contributed by atoms with E-state index in [0.29, 0.717) is 6.42 Å². The van der Waals surface area contributed by atoms with Crippen LogP contribution in [0.3, 0.4) is 0 Å². The van der Waals surface area contributed by atoms with E-state index in [1.807, 2.05) is 6.92 Å². The SMILES string of the molecule is CCCCC(=O)O[C@H]1[C@@H](O)[C@@H](CO)OC(O)[C@@H]1O. The molecule has 1 rings (SSSR count). The number of aliphatic hydroxyl groups is 4. The van der Waals surface area contributed by atoms with E-state index in [9.17, 15) is 20.1 Å². The standard InChI is InChI=1S/C11H20O7/c1-2-3-4-7(13)18-10-8(14)6(5-12)17-11(16)9(10)15/h6,8-12,14-16H,2-5H2,1H3/t6-,8+,9-,10+,11?/m1/s1. The Balaban J connectivity index is 2.61. The van der Waals surface area contributed by atoms with E-state index < -0.39 is 43.3 Å². The molecule has 7 heteroatoms. The Morgan fingerprint density at radius 2 is 1.94 bits per heavy atom. The number of carbonyl (C=O) groups excluding carboxylic acids is 1. The molecule has 0 spiro atoms. The second-order valence-electron chi connectivity index (χ2n) is 4.29. The summed E-state index contributed by atoms with van der Waals surface area (Å²) < 4.78 is 9.70. The van der Waals surface area contributed by atoms with Gasteiger partial charge >= 0.3 is 5.97 Å². The van der Waals surface area contributed by atoms with Crippen molar-refractivity contribution in [3.8, 4) is 0 Å². The summed E-state index contributed by atoms with van der Waals surface area (Å²) in [4.78, 5) is 11.4. The monoisotopic (exact) mass is 264 g/mol. The fraction of sp³-hybridized carbons (Fsp3) is 0.909. The van der Waals surface area contributed by atoms with E-state index in [4.69, 9.17) is 14.6 Å². The molecule has 0 aliphatic carbocycles. The first-order chi connectivity index (χ1) is 8.51. The highest BCUT2D eigenvalue weighted by Crippen LogP contribution is 2.22. The first-order valence-electron chi connectivity index (χ1n) is 6.01. The molecule has 1 fully saturated rings. The third kappa shape index (κ3) is 3.63. The molecule has 1 saturated heterocycles. The molecular weight excluding hydrogens is 244 g/mol. The number of hydrogen-bond donors (Lipinski definition) is 4. The highest BCUT2D eigenvalue weighted by molar-refractivity contribution is 5.69. The van der Waals surface area contributed by atoms with Gasteiger partial charge in [-0.2, -0.15) is 0 Å². The molecule has 0 aromatic rings. The zero-order chi connectivity index (χ0) is 13.7. The van der Waals surface area contributed by atoms with Crippen LogP contribution in [0.1, 0.15) is 26.2 Å². The first-order valence-corrected chi connectivity index (χ1v) is 6.01. The Hall–Kier alpha value is -0.730. The molecular formula is C11H20O7. The van der Waals surface area contributed by atoms with E-state index in [-0.39, 0.29) is 6.42 Å². The smallest absolute Gasteiger partial charge is 0.306 e. The number of hydrogen-bond acceptors (Lipinski definition) is 7. The van der Waals surface area contributed by atoms with Crippen LogP contribution in [-0.4, -0.2) is 63.7 Å². The van der Waals surface area contributed by atoms with Crippen molar-refractivity contribution in [1.82, 2.24) is 0 Å². The minimum atomic E-state index is -1.60. The molecule has 4 N–H and O–H groups in total. The molecule has 0 bridgehead atoms. The van der Waals surface area contributed by atoms with Crippen LogP contribution in [0, 0.1) is 0 Å². The predicted octanol–water partition coefficient (Wildman–Crippen LogP) is -1.48. The van der Waals surface area contributed by atoms with E-state index >= 15 is 0 Å². The van der Waals surface area contributed by atoms with Gasteiger partial charge in [-0.3, -0.25) is 4.79 Å². The third-order valence-electron chi connectivity index (χ3n) is 2.84. The average molecular weight is 264 g/mol. The van der Waals surface area contributed by atoms with Crippen LogP contribution < -0.4 is 0 Å². The quantitative estimate of drug-likeness (QED) is 0.447. The lowest BCUT2D eigenvalue weighted by atomic mass is 9.99. The fourth-order valence-electron chi connectivity index (χ4n) is 1.74. The molecule has 7 nitrogen and oxygen atoms in total. The van der Waals surface area contributed by atoms with Crippen molar-refractivity contribution >= 4 is 5.97 Å². The van der Waals surface area contributed by atoms with Gasteiger partial charge in [0.25, 0.3) is 0 Å². The Kier molecular flexibility index (Phi) is 5.97. The van der Waals surface area contributed by atoms with Crippen LogP contribution >= 0.6 is 0 Å². The van der Waals surface area contributed by atoms with E-state index in [1.54, 1.807) is 0 Å². The van der Waals surface area contributed by atoms with Gasteiger partial charge in [-0.15, -0.1) is 0 Å². The maximum Gasteiger partial charge on any atom is 0.306 e. The van der Waals surface area contributed by atoms with Crippen molar-refractivity contribution in [3.63, 3.8) is 0 Å². The molecule has 0 aromatic carbocycles. The van der Waals surface area contributed by atoms with Crippen molar-refractivity contribution in [2.24, 2.45) is 0 Å². The number of esters is 1. The lowest BCUT2D eigenvalue weighted by molar-refractivity contribution is -0.289. The molecule has 1 aliphatic rings. The molecule has 0 saturated carbocycles. The van der Waals surface area contributed by atoms with Crippen molar-refractivity contribution in [1.29, 1.82) is 0 Å². The fourth-order valence-corrected chi connectivity index (χ4v) is 1.74. The van der Waals surface area contributed by atoms with Gasteiger partial charge in [0.1, 0.15) is 18.3 Å². The van der Waals surface area contributed by atoms with E-state index in [2.05, 4.69) is 0 Å². The summed E-state index contributed by atoms with van der Waals surface area (Å²) in [5.41, 5.74) is 0. The molecule has 106 valence electrons. The first kappa shape index (κ1) is 15.3. The van der Waals surface area contributed by atoms with Crippen molar-refractivity contribution in [3.05, 3.63) is 0 Å². The topological polar surface area (TPSA) is 116 Å². The molecule has 1 unspecified atom stereocenters. The molecule has 0 radical (unpaired) electrons. The Bertz CT molecular complexity index is 270. The van der Waals surface area contributed by atoms with Gasteiger partial charge in [0, 0.05) is 6.42 Å². The summed E-state index contributed by atoms with van der Waals surface area (Å²) in [5.74, 6) is -0.564.